The smallest absolute Gasteiger partial charge is 0.241 e. The summed E-state index contributed by atoms with van der Waals surface area (Å²) in [4.78, 5) is 21.6. The van der Waals surface area contributed by atoms with Gasteiger partial charge in [0.2, 0.25) is 17.6 Å². The van der Waals surface area contributed by atoms with E-state index in [1.807, 2.05) is 43.3 Å². The van der Waals surface area contributed by atoms with Crippen molar-refractivity contribution >= 4 is 17.5 Å². The highest BCUT2D eigenvalue weighted by Gasteiger charge is 2.26. The van der Waals surface area contributed by atoms with Crippen LogP contribution in [0.2, 0.25) is 5.02 Å². The van der Waals surface area contributed by atoms with Crippen molar-refractivity contribution in [2.24, 2.45) is 0 Å². The highest BCUT2D eigenvalue weighted by atomic mass is 35.5. The maximum absolute atomic E-state index is 12.7. The summed E-state index contributed by atoms with van der Waals surface area (Å²) in [6.45, 7) is 6.27. The average molecular weight is 470 g/mol. The number of nitrogens with zero attached hydrogens (tertiary/aromatic N) is 4. The van der Waals surface area contributed by atoms with E-state index in [4.69, 9.17) is 20.9 Å². The van der Waals surface area contributed by atoms with E-state index in [-0.39, 0.29) is 11.9 Å². The van der Waals surface area contributed by atoms with Crippen LogP contribution in [0.4, 0.5) is 0 Å². The Morgan fingerprint density at radius 1 is 1.18 bits per heavy atom. The summed E-state index contributed by atoms with van der Waals surface area (Å²) in [5, 5.41) is 7.78. The van der Waals surface area contributed by atoms with Crippen LogP contribution in [0.1, 0.15) is 18.4 Å². The number of nitrogens with one attached hydrogen (secondary N) is 1. The van der Waals surface area contributed by atoms with E-state index < -0.39 is 0 Å². The summed E-state index contributed by atoms with van der Waals surface area (Å²) in [5.74, 6) is 1.95. The second-order valence-electron chi connectivity index (χ2n) is 8.08. The highest BCUT2D eigenvalue weighted by Crippen LogP contribution is 2.19. The first-order valence-corrected chi connectivity index (χ1v) is 11.3. The van der Waals surface area contributed by atoms with Gasteiger partial charge in [0, 0.05) is 43.3 Å². The summed E-state index contributed by atoms with van der Waals surface area (Å²) in [5.41, 5.74) is 1.88. The molecule has 0 saturated carbocycles. The SMILES string of the molecule is COc1cccc(CNC(=O)C(C)N2CCN(Cc3nc(-c4ccc(Cl)cc4)no3)CC2)c1. The summed E-state index contributed by atoms with van der Waals surface area (Å²) in [7, 11) is 1.64. The second kappa shape index (κ2) is 10.8. The number of hydrogen-bond acceptors (Lipinski definition) is 7. The molecule has 1 aliphatic rings. The van der Waals surface area contributed by atoms with Gasteiger partial charge < -0.3 is 14.6 Å². The molecule has 8 nitrogen and oxygen atoms in total. The van der Waals surface area contributed by atoms with Crippen LogP contribution in [0.3, 0.4) is 0 Å². The van der Waals surface area contributed by atoms with Crippen LogP contribution in [0.15, 0.2) is 53.1 Å². The Bertz CT molecular complexity index is 1060. The number of carbonyl (C=O) groups excluding carboxylic acids is 1. The Morgan fingerprint density at radius 2 is 1.94 bits per heavy atom. The molecule has 0 bridgehead atoms. The van der Waals surface area contributed by atoms with Crippen LogP contribution in [0.5, 0.6) is 5.75 Å². The topological polar surface area (TPSA) is 83.7 Å². The minimum Gasteiger partial charge on any atom is -0.497 e. The van der Waals surface area contributed by atoms with E-state index in [0.717, 1.165) is 43.1 Å². The largest absolute Gasteiger partial charge is 0.497 e. The lowest BCUT2D eigenvalue weighted by atomic mass is 10.2. The number of methoxy groups -OCH3 is 1. The number of amides is 1. The molecule has 174 valence electrons. The van der Waals surface area contributed by atoms with Crippen molar-refractivity contribution in [2.45, 2.75) is 26.1 Å². The minimum atomic E-state index is -0.197. The van der Waals surface area contributed by atoms with Crippen molar-refractivity contribution in [1.29, 1.82) is 0 Å². The Labute approximate surface area is 198 Å². The van der Waals surface area contributed by atoms with Crippen molar-refractivity contribution < 1.29 is 14.1 Å². The molecule has 0 aliphatic carbocycles. The van der Waals surface area contributed by atoms with Gasteiger partial charge in [-0.25, -0.2) is 0 Å². The molecule has 0 spiro atoms. The van der Waals surface area contributed by atoms with Crippen molar-refractivity contribution in [2.75, 3.05) is 33.3 Å². The standard InChI is InChI=1S/C24H28ClN5O3/c1-17(24(31)26-15-18-4-3-5-21(14-18)32-2)30-12-10-29(11-13-30)16-22-27-23(28-33-22)19-6-8-20(25)9-7-19/h3-9,14,17H,10-13,15-16H2,1-2H3,(H,26,31). The van der Waals surface area contributed by atoms with Crippen LogP contribution in [0, 0.1) is 0 Å². The van der Waals surface area contributed by atoms with Crippen LogP contribution in [0.25, 0.3) is 11.4 Å². The van der Waals surface area contributed by atoms with Crippen molar-refractivity contribution in [3.63, 3.8) is 0 Å². The third-order valence-corrected chi connectivity index (χ3v) is 6.12. The highest BCUT2D eigenvalue weighted by molar-refractivity contribution is 6.30. The lowest BCUT2D eigenvalue weighted by molar-refractivity contribution is -0.126. The molecule has 2 aromatic carbocycles. The normalized spacial score (nSPS) is 15.8. The predicted octanol–water partition coefficient (Wildman–Crippen LogP) is 3.22. The molecule has 1 saturated heterocycles. The number of aromatic nitrogens is 2. The molecule has 1 aliphatic heterocycles. The van der Waals surface area contributed by atoms with Gasteiger partial charge in [0.25, 0.3) is 0 Å². The molecule has 4 rings (SSSR count). The monoisotopic (exact) mass is 469 g/mol. The number of halogens is 1. The quantitative estimate of drug-likeness (QED) is 0.542. The predicted molar refractivity (Wildman–Crippen MR) is 126 cm³/mol. The van der Waals surface area contributed by atoms with Crippen molar-refractivity contribution in [3.05, 3.63) is 65.0 Å². The number of benzene rings is 2. The fourth-order valence-electron chi connectivity index (χ4n) is 3.82. The fourth-order valence-corrected chi connectivity index (χ4v) is 3.95. The summed E-state index contributed by atoms with van der Waals surface area (Å²) in [6.07, 6.45) is 0. The van der Waals surface area contributed by atoms with E-state index in [9.17, 15) is 4.79 Å². The summed E-state index contributed by atoms with van der Waals surface area (Å²) >= 11 is 5.94. The molecule has 1 aromatic heterocycles. The van der Waals surface area contributed by atoms with E-state index in [2.05, 4.69) is 25.3 Å². The van der Waals surface area contributed by atoms with Crippen LogP contribution >= 0.6 is 11.6 Å². The molecule has 1 N–H and O–H groups in total. The van der Waals surface area contributed by atoms with E-state index >= 15 is 0 Å². The van der Waals surface area contributed by atoms with Gasteiger partial charge in [0.15, 0.2) is 0 Å². The molecular weight excluding hydrogens is 442 g/mol. The van der Waals surface area contributed by atoms with Gasteiger partial charge in [0.05, 0.1) is 19.7 Å². The Hall–Kier alpha value is -2.94. The Kier molecular flexibility index (Phi) is 7.59. The molecule has 9 heteroatoms. The zero-order valence-corrected chi connectivity index (χ0v) is 19.6. The van der Waals surface area contributed by atoms with Gasteiger partial charge >= 0.3 is 0 Å². The first-order chi connectivity index (χ1) is 16.0. The first kappa shape index (κ1) is 23.2. The third-order valence-electron chi connectivity index (χ3n) is 5.86. The minimum absolute atomic E-state index is 0.0239. The lowest BCUT2D eigenvalue weighted by Crippen LogP contribution is -2.53. The second-order valence-corrected chi connectivity index (χ2v) is 8.51. The van der Waals surface area contributed by atoms with Gasteiger partial charge in [-0.2, -0.15) is 4.98 Å². The van der Waals surface area contributed by atoms with Gasteiger partial charge in [-0.1, -0.05) is 28.9 Å². The lowest BCUT2D eigenvalue weighted by Gasteiger charge is -2.36. The van der Waals surface area contributed by atoms with E-state index in [1.54, 1.807) is 19.2 Å². The molecule has 33 heavy (non-hydrogen) atoms. The molecule has 2 heterocycles. The summed E-state index contributed by atoms with van der Waals surface area (Å²) in [6, 6.07) is 14.9. The van der Waals surface area contributed by atoms with Crippen molar-refractivity contribution in [3.8, 4) is 17.1 Å². The molecule has 1 amide bonds. The number of ether oxygens (including phenoxy) is 1. The number of carbonyl (C=O) groups is 1. The molecule has 1 unspecified atom stereocenters. The van der Waals surface area contributed by atoms with Crippen molar-refractivity contribution in [1.82, 2.24) is 25.3 Å². The fraction of sp³-hybridized carbons (Fsp3) is 0.375. The molecular formula is C24H28ClN5O3. The van der Waals surface area contributed by atoms with Crippen LogP contribution in [-0.4, -0.2) is 65.2 Å². The van der Waals surface area contributed by atoms with Gasteiger partial charge in [-0.05, 0) is 48.9 Å². The van der Waals surface area contributed by atoms with E-state index in [0.29, 0.717) is 29.8 Å². The Balaban J connectivity index is 1.23. The third kappa shape index (κ3) is 6.10. The molecule has 3 aromatic rings. The van der Waals surface area contributed by atoms with Gasteiger partial charge in [-0.15, -0.1) is 0 Å². The van der Waals surface area contributed by atoms with Gasteiger partial charge in [0.1, 0.15) is 5.75 Å². The summed E-state index contributed by atoms with van der Waals surface area (Å²) < 4.78 is 10.7. The van der Waals surface area contributed by atoms with Crippen LogP contribution in [-0.2, 0) is 17.9 Å². The van der Waals surface area contributed by atoms with Crippen LogP contribution < -0.4 is 10.1 Å². The van der Waals surface area contributed by atoms with E-state index in [1.165, 1.54) is 0 Å². The molecule has 1 atom stereocenters. The maximum Gasteiger partial charge on any atom is 0.241 e. The molecule has 1 fully saturated rings. The number of hydrogen-bond donors (Lipinski definition) is 1. The Morgan fingerprint density at radius 3 is 2.67 bits per heavy atom. The first-order valence-electron chi connectivity index (χ1n) is 11.0. The molecule has 0 radical (unpaired) electrons. The zero-order chi connectivity index (χ0) is 23.2. The number of piperazine rings is 1. The average Bonchev–Trinajstić information content (AvgIpc) is 3.31. The maximum atomic E-state index is 12.7. The zero-order valence-electron chi connectivity index (χ0n) is 18.8. The van der Waals surface area contributed by atoms with Gasteiger partial charge in [-0.3, -0.25) is 14.6 Å². The number of rotatable bonds is 8.